The Kier molecular flexibility index (Phi) is 5.64. The van der Waals surface area contributed by atoms with Crippen LogP contribution in [0.4, 0.5) is 0 Å². The van der Waals surface area contributed by atoms with E-state index in [1.807, 2.05) is 11.8 Å². The standard InChI is InChI=1S/C16H27NO/c1-5-15(18)17(16(2,3)4)13-9-12-14-10-7-6-8-11-14/h6-7,9,12,14H,5,8,10-11,13H2,1-4H3. The van der Waals surface area contributed by atoms with Gasteiger partial charge in [0.25, 0.3) is 0 Å². The molecule has 0 spiro atoms. The van der Waals surface area contributed by atoms with Crippen molar-refractivity contribution in [3.05, 3.63) is 24.3 Å². The molecule has 1 aliphatic carbocycles. The summed E-state index contributed by atoms with van der Waals surface area (Å²) in [5.41, 5.74) is -0.0934. The Balaban J connectivity index is 2.54. The first-order chi connectivity index (χ1) is 8.45. The zero-order valence-corrected chi connectivity index (χ0v) is 12.3. The smallest absolute Gasteiger partial charge is 0.223 e. The average Bonchev–Trinajstić information content (AvgIpc) is 2.33. The van der Waals surface area contributed by atoms with E-state index in [9.17, 15) is 4.79 Å². The summed E-state index contributed by atoms with van der Waals surface area (Å²) in [7, 11) is 0. The molecule has 0 radical (unpaired) electrons. The molecule has 0 aromatic heterocycles. The third kappa shape index (κ3) is 4.67. The van der Waals surface area contributed by atoms with Crippen LogP contribution >= 0.6 is 0 Å². The van der Waals surface area contributed by atoms with Crippen molar-refractivity contribution in [2.75, 3.05) is 6.54 Å². The molecule has 0 heterocycles. The minimum Gasteiger partial charge on any atom is -0.334 e. The summed E-state index contributed by atoms with van der Waals surface area (Å²) in [6, 6.07) is 0. The highest BCUT2D eigenvalue weighted by atomic mass is 16.2. The quantitative estimate of drug-likeness (QED) is 0.691. The Bertz CT molecular complexity index is 322. The summed E-state index contributed by atoms with van der Waals surface area (Å²) in [4.78, 5) is 13.9. The molecule has 1 rings (SSSR count). The van der Waals surface area contributed by atoms with E-state index in [1.54, 1.807) is 0 Å². The number of amides is 1. The van der Waals surface area contributed by atoms with Crippen LogP contribution in [0.5, 0.6) is 0 Å². The second-order valence-corrected chi connectivity index (χ2v) is 6.00. The lowest BCUT2D eigenvalue weighted by atomic mass is 9.94. The van der Waals surface area contributed by atoms with Gasteiger partial charge < -0.3 is 4.90 Å². The van der Waals surface area contributed by atoms with Crippen molar-refractivity contribution in [1.82, 2.24) is 4.90 Å². The largest absolute Gasteiger partial charge is 0.334 e. The molecule has 2 heteroatoms. The number of rotatable bonds is 4. The maximum Gasteiger partial charge on any atom is 0.223 e. The Hall–Kier alpha value is -1.05. The SMILES string of the molecule is CCC(=O)N(CC=CC1CC=CCC1)C(C)(C)C. The summed E-state index contributed by atoms with van der Waals surface area (Å²) in [5.74, 6) is 0.893. The molecular formula is C16H27NO. The van der Waals surface area contributed by atoms with Crippen LogP contribution in [0.3, 0.4) is 0 Å². The first kappa shape index (κ1) is 15.0. The normalized spacial score (nSPS) is 20.3. The van der Waals surface area contributed by atoms with E-state index in [4.69, 9.17) is 0 Å². The van der Waals surface area contributed by atoms with E-state index in [0.29, 0.717) is 12.3 Å². The molecule has 2 nitrogen and oxygen atoms in total. The van der Waals surface area contributed by atoms with Gasteiger partial charge in [0.1, 0.15) is 0 Å². The summed E-state index contributed by atoms with van der Waals surface area (Å²) >= 11 is 0. The number of allylic oxidation sites excluding steroid dienone is 3. The zero-order chi connectivity index (χ0) is 13.6. The van der Waals surface area contributed by atoms with Crippen molar-refractivity contribution in [2.45, 2.75) is 58.9 Å². The lowest BCUT2D eigenvalue weighted by Crippen LogP contribution is -2.45. The molecule has 0 saturated heterocycles. The first-order valence-corrected chi connectivity index (χ1v) is 7.07. The van der Waals surface area contributed by atoms with Gasteiger partial charge in [-0.25, -0.2) is 0 Å². The molecule has 0 aromatic rings. The van der Waals surface area contributed by atoms with Gasteiger partial charge in [0.15, 0.2) is 0 Å². The molecule has 102 valence electrons. The fraction of sp³-hybridized carbons (Fsp3) is 0.688. The van der Waals surface area contributed by atoms with Gasteiger partial charge in [-0.2, -0.15) is 0 Å². The van der Waals surface area contributed by atoms with Crippen molar-refractivity contribution >= 4 is 5.91 Å². The van der Waals surface area contributed by atoms with Crippen LogP contribution in [0.25, 0.3) is 0 Å². The van der Waals surface area contributed by atoms with Crippen molar-refractivity contribution < 1.29 is 4.79 Å². The van der Waals surface area contributed by atoms with Gasteiger partial charge in [-0.15, -0.1) is 0 Å². The van der Waals surface area contributed by atoms with Crippen molar-refractivity contribution in [3.63, 3.8) is 0 Å². The molecule has 1 aliphatic rings. The molecule has 0 aromatic carbocycles. The molecule has 18 heavy (non-hydrogen) atoms. The van der Waals surface area contributed by atoms with E-state index < -0.39 is 0 Å². The molecule has 0 fully saturated rings. The van der Waals surface area contributed by atoms with Gasteiger partial charge in [0.2, 0.25) is 5.91 Å². The van der Waals surface area contributed by atoms with Crippen molar-refractivity contribution in [3.8, 4) is 0 Å². The summed E-state index contributed by atoms with van der Waals surface area (Å²) in [6.07, 6.45) is 13.1. The van der Waals surface area contributed by atoms with Crippen molar-refractivity contribution in [2.24, 2.45) is 5.92 Å². The highest BCUT2D eigenvalue weighted by Gasteiger charge is 2.23. The van der Waals surface area contributed by atoms with Gasteiger partial charge in [0, 0.05) is 18.5 Å². The predicted octanol–water partition coefficient (Wildman–Crippen LogP) is 3.94. The van der Waals surface area contributed by atoms with Gasteiger partial charge in [0.05, 0.1) is 0 Å². The van der Waals surface area contributed by atoms with E-state index in [0.717, 1.165) is 13.0 Å². The van der Waals surface area contributed by atoms with Crippen LogP contribution in [0.2, 0.25) is 0 Å². The molecule has 0 saturated carbocycles. The lowest BCUT2D eigenvalue weighted by molar-refractivity contribution is -0.134. The molecule has 1 atom stereocenters. The topological polar surface area (TPSA) is 20.3 Å². The molecule has 0 N–H and O–H groups in total. The number of carbonyl (C=O) groups excluding carboxylic acids is 1. The third-order valence-electron chi connectivity index (χ3n) is 3.42. The lowest BCUT2D eigenvalue weighted by Gasteiger charge is -2.35. The predicted molar refractivity (Wildman–Crippen MR) is 77.4 cm³/mol. The Labute approximate surface area is 112 Å². The maximum absolute atomic E-state index is 11.9. The van der Waals surface area contributed by atoms with Crippen molar-refractivity contribution in [1.29, 1.82) is 0 Å². The monoisotopic (exact) mass is 249 g/mol. The van der Waals surface area contributed by atoms with Crippen LogP contribution in [-0.4, -0.2) is 22.9 Å². The highest BCUT2D eigenvalue weighted by Crippen LogP contribution is 2.20. The summed E-state index contributed by atoms with van der Waals surface area (Å²) in [5, 5.41) is 0. The molecule has 1 unspecified atom stereocenters. The zero-order valence-electron chi connectivity index (χ0n) is 12.3. The van der Waals surface area contributed by atoms with Crippen LogP contribution in [0.15, 0.2) is 24.3 Å². The molecule has 0 bridgehead atoms. The van der Waals surface area contributed by atoms with Gasteiger partial charge >= 0.3 is 0 Å². The minimum absolute atomic E-state index is 0.0934. The van der Waals surface area contributed by atoms with Crippen LogP contribution in [0.1, 0.15) is 53.4 Å². The van der Waals surface area contributed by atoms with E-state index in [-0.39, 0.29) is 11.4 Å². The van der Waals surface area contributed by atoms with Gasteiger partial charge in [-0.1, -0.05) is 31.2 Å². The maximum atomic E-state index is 11.9. The minimum atomic E-state index is -0.0934. The van der Waals surface area contributed by atoms with Crippen LogP contribution < -0.4 is 0 Å². The first-order valence-electron chi connectivity index (χ1n) is 7.07. The highest BCUT2D eigenvalue weighted by molar-refractivity contribution is 5.76. The second-order valence-electron chi connectivity index (χ2n) is 6.00. The molecule has 0 aliphatic heterocycles. The van der Waals surface area contributed by atoms with Gasteiger partial charge in [-0.3, -0.25) is 4.79 Å². The molecule has 1 amide bonds. The van der Waals surface area contributed by atoms with E-state index >= 15 is 0 Å². The average molecular weight is 249 g/mol. The molecular weight excluding hydrogens is 222 g/mol. The van der Waals surface area contributed by atoms with Crippen LogP contribution in [-0.2, 0) is 4.79 Å². The van der Waals surface area contributed by atoms with Crippen LogP contribution in [0, 0.1) is 5.92 Å². The fourth-order valence-electron chi connectivity index (χ4n) is 2.29. The summed E-state index contributed by atoms with van der Waals surface area (Å²) in [6.45, 7) is 8.94. The summed E-state index contributed by atoms with van der Waals surface area (Å²) < 4.78 is 0. The second kappa shape index (κ2) is 6.77. The Morgan fingerprint density at radius 1 is 1.39 bits per heavy atom. The fourth-order valence-corrected chi connectivity index (χ4v) is 2.29. The van der Waals surface area contributed by atoms with E-state index in [1.165, 1.54) is 12.8 Å². The van der Waals surface area contributed by atoms with E-state index in [2.05, 4.69) is 45.1 Å². The number of hydrogen-bond donors (Lipinski definition) is 0. The number of carbonyl (C=O) groups is 1. The van der Waals surface area contributed by atoms with Gasteiger partial charge in [-0.05, 0) is 46.0 Å². The third-order valence-corrected chi connectivity index (χ3v) is 3.42. The Morgan fingerprint density at radius 2 is 2.11 bits per heavy atom. The number of nitrogens with zero attached hydrogens (tertiary/aromatic N) is 1. The Morgan fingerprint density at radius 3 is 2.61 bits per heavy atom. The number of hydrogen-bond acceptors (Lipinski definition) is 1.